The number of hydrogen-bond donors (Lipinski definition) is 1. The summed E-state index contributed by atoms with van der Waals surface area (Å²) >= 11 is 0. The van der Waals surface area contributed by atoms with Gasteiger partial charge in [0.25, 0.3) is 0 Å². The first-order valence-electron chi connectivity index (χ1n) is 17.3. The molecule has 1 aromatic heterocycles. The van der Waals surface area contributed by atoms with Crippen molar-refractivity contribution in [2.75, 3.05) is 65.6 Å². The molecule has 2 aromatic carbocycles. The van der Waals surface area contributed by atoms with Gasteiger partial charge < -0.3 is 34.1 Å². The van der Waals surface area contributed by atoms with Crippen molar-refractivity contribution >= 4 is 22.9 Å². The van der Waals surface area contributed by atoms with Gasteiger partial charge in [-0.1, -0.05) is 31.2 Å². The van der Waals surface area contributed by atoms with Crippen LogP contribution in [0.25, 0.3) is 11.0 Å². The SMILES string of the molecule is CCC(CC1=C(C(N)=O)C=C(OC)C(OC)(N2CCCN(c3nc4ccccc4n3CCOCC(F)(F)F)CC2)C1OC)c1ccc(C(F)(F)F)cc1. The molecule has 1 aliphatic heterocycles. The first-order valence-corrected chi connectivity index (χ1v) is 17.3. The van der Waals surface area contributed by atoms with Gasteiger partial charge in [-0.05, 0) is 66.7 Å². The molecule has 2 N–H and O–H groups in total. The van der Waals surface area contributed by atoms with Gasteiger partial charge in [-0.25, -0.2) is 4.98 Å². The summed E-state index contributed by atoms with van der Waals surface area (Å²) in [6, 6.07) is 12.4. The summed E-state index contributed by atoms with van der Waals surface area (Å²) in [5.41, 5.74) is 6.60. The number of halogens is 6. The van der Waals surface area contributed by atoms with Crippen LogP contribution in [0, 0.1) is 0 Å². The van der Waals surface area contributed by atoms with Crippen molar-refractivity contribution in [3.8, 4) is 0 Å². The maximum absolute atomic E-state index is 13.3. The van der Waals surface area contributed by atoms with Crippen LogP contribution in [0.5, 0.6) is 0 Å². The molecule has 2 aliphatic rings. The van der Waals surface area contributed by atoms with Crippen LogP contribution < -0.4 is 10.6 Å². The number of aromatic nitrogens is 2. The number of rotatable bonds is 14. The van der Waals surface area contributed by atoms with Crippen molar-refractivity contribution < 1.29 is 50.1 Å². The Morgan fingerprint density at radius 2 is 1.72 bits per heavy atom. The molecule has 2 heterocycles. The molecule has 1 amide bonds. The molecule has 0 saturated carbocycles. The second-order valence-electron chi connectivity index (χ2n) is 13.0. The number of carbonyl (C=O) groups is 1. The van der Waals surface area contributed by atoms with Gasteiger partial charge in [-0.2, -0.15) is 26.3 Å². The smallest absolute Gasteiger partial charge is 0.416 e. The van der Waals surface area contributed by atoms with Crippen LogP contribution in [-0.2, 0) is 36.5 Å². The lowest BCUT2D eigenvalue weighted by atomic mass is 9.78. The monoisotopic (exact) mass is 753 g/mol. The highest BCUT2D eigenvalue weighted by Crippen LogP contribution is 2.45. The Morgan fingerprint density at radius 1 is 1.00 bits per heavy atom. The molecule has 3 atom stereocenters. The fourth-order valence-corrected chi connectivity index (χ4v) is 7.47. The molecule has 1 saturated heterocycles. The van der Waals surface area contributed by atoms with Crippen molar-refractivity contribution in [1.82, 2.24) is 14.5 Å². The Bertz CT molecular complexity index is 1790. The number of nitrogens with zero attached hydrogens (tertiary/aromatic N) is 4. The van der Waals surface area contributed by atoms with Gasteiger partial charge >= 0.3 is 12.4 Å². The number of primary amides is 1. The highest BCUT2D eigenvalue weighted by Gasteiger charge is 2.54. The van der Waals surface area contributed by atoms with Crippen LogP contribution in [-0.4, -0.2) is 99.1 Å². The number of fused-ring (bicyclic) bond motifs is 1. The zero-order valence-electron chi connectivity index (χ0n) is 30.1. The van der Waals surface area contributed by atoms with E-state index < -0.39 is 42.3 Å². The van der Waals surface area contributed by atoms with Crippen molar-refractivity contribution in [1.29, 1.82) is 0 Å². The fourth-order valence-electron chi connectivity index (χ4n) is 7.47. The lowest BCUT2D eigenvalue weighted by Gasteiger charge is -2.49. The first-order chi connectivity index (χ1) is 25.2. The first kappa shape index (κ1) is 40.1. The number of amides is 1. The molecular weight excluding hydrogens is 708 g/mol. The van der Waals surface area contributed by atoms with Crippen LogP contribution >= 0.6 is 0 Å². The number of nitrogens with two attached hydrogens (primary N) is 1. The third-order valence-electron chi connectivity index (χ3n) is 9.95. The van der Waals surface area contributed by atoms with E-state index in [1.54, 1.807) is 6.08 Å². The van der Waals surface area contributed by atoms with Gasteiger partial charge in [0.1, 0.15) is 18.5 Å². The third kappa shape index (κ3) is 8.50. The molecule has 290 valence electrons. The summed E-state index contributed by atoms with van der Waals surface area (Å²) in [7, 11) is 4.46. The van der Waals surface area contributed by atoms with E-state index in [-0.39, 0.29) is 36.8 Å². The normalized spacial score (nSPS) is 21.1. The minimum Gasteiger partial charge on any atom is -0.496 e. The summed E-state index contributed by atoms with van der Waals surface area (Å²) < 4.78 is 104. The molecule has 0 bridgehead atoms. The zero-order valence-corrected chi connectivity index (χ0v) is 30.1. The molecule has 53 heavy (non-hydrogen) atoms. The minimum absolute atomic E-state index is 0.151. The molecule has 5 rings (SSSR count). The number of hydrogen-bond acceptors (Lipinski definition) is 8. The second kappa shape index (κ2) is 16.5. The Hall–Kier alpha value is -4.12. The van der Waals surface area contributed by atoms with E-state index in [9.17, 15) is 31.1 Å². The Kier molecular flexibility index (Phi) is 12.5. The van der Waals surface area contributed by atoms with E-state index in [0.717, 1.165) is 17.6 Å². The number of ether oxygens (including phenoxy) is 4. The van der Waals surface area contributed by atoms with Gasteiger partial charge in [-0.3, -0.25) is 9.69 Å². The van der Waals surface area contributed by atoms with Gasteiger partial charge in [0.15, 0.2) is 0 Å². The molecule has 3 unspecified atom stereocenters. The molecular formula is C37H45F6N5O5. The Morgan fingerprint density at radius 3 is 2.32 bits per heavy atom. The zero-order chi connectivity index (χ0) is 38.6. The molecule has 10 nitrogen and oxygen atoms in total. The van der Waals surface area contributed by atoms with E-state index in [0.29, 0.717) is 61.6 Å². The molecule has 0 spiro atoms. The molecule has 1 aliphatic carbocycles. The standard InChI is InChI=1S/C37H45F6N5O5/c1-5-24(25-11-13-26(14-12-25)37(41,42)43)21-27-28(33(44)49)22-31(50-2)36(52-4,32(27)51-3)47-16-8-15-46(17-18-47)34-45-29-9-6-7-10-30(29)48(34)19-20-53-23-35(38,39)40/h6-7,9-14,22,24,32H,5,8,15-21,23H2,1-4H3,(H2,44,49). The number of anilines is 1. The van der Waals surface area contributed by atoms with Crippen molar-refractivity contribution in [3.63, 3.8) is 0 Å². The number of benzene rings is 2. The van der Waals surface area contributed by atoms with Gasteiger partial charge in [0, 0.05) is 52.5 Å². The maximum Gasteiger partial charge on any atom is 0.416 e. The van der Waals surface area contributed by atoms with E-state index >= 15 is 0 Å². The van der Waals surface area contributed by atoms with Gasteiger partial charge in [0.05, 0.1) is 30.3 Å². The number of carbonyl (C=O) groups excluding carboxylic acids is 1. The topological polar surface area (TPSA) is 104 Å². The van der Waals surface area contributed by atoms with E-state index in [1.807, 2.05) is 35.8 Å². The predicted molar refractivity (Wildman–Crippen MR) is 186 cm³/mol. The highest BCUT2D eigenvalue weighted by atomic mass is 19.4. The largest absolute Gasteiger partial charge is 0.496 e. The molecule has 1 fully saturated rings. The highest BCUT2D eigenvalue weighted by molar-refractivity contribution is 5.96. The second-order valence-corrected chi connectivity index (χ2v) is 13.0. The average molecular weight is 754 g/mol. The maximum atomic E-state index is 13.3. The average Bonchev–Trinajstić information content (AvgIpc) is 3.30. The van der Waals surface area contributed by atoms with E-state index in [1.165, 1.54) is 33.5 Å². The molecule has 0 radical (unpaired) electrons. The number of para-hydroxylation sites is 2. The minimum atomic E-state index is -4.48. The van der Waals surface area contributed by atoms with E-state index in [4.69, 9.17) is 29.7 Å². The number of methoxy groups -OCH3 is 3. The van der Waals surface area contributed by atoms with E-state index in [2.05, 4.69) is 9.80 Å². The Balaban J connectivity index is 1.46. The van der Waals surface area contributed by atoms with Crippen LogP contribution in [0.1, 0.15) is 43.2 Å². The van der Waals surface area contributed by atoms with Crippen LogP contribution in [0.2, 0.25) is 0 Å². The number of alkyl halides is 6. The summed E-state index contributed by atoms with van der Waals surface area (Å²) in [4.78, 5) is 22.0. The van der Waals surface area contributed by atoms with Crippen molar-refractivity contribution in [2.24, 2.45) is 5.73 Å². The Labute approximate surface area is 304 Å². The van der Waals surface area contributed by atoms with Crippen LogP contribution in [0.15, 0.2) is 71.5 Å². The van der Waals surface area contributed by atoms with Gasteiger partial charge in [-0.15, -0.1) is 0 Å². The van der Waals surface area contributed by atoms with Crippen molar-refractivity contribution in [3.05, 3.63) is 82.6 Å². The predicted octanol–water partition coefficient (Wildman–Crippen LogP) is 6.41. The van der Waals surface area contributed by atoms with Crippen LogP contribution in [0.3, 0.4) is 0 Å². The quantitative estimate of drug-likeness (QED) is 0.149. The third-order valence-corrected chi connectivity index (χ3v) is 9.95. The molecule has 3 aromatic rings. The summed E-state index contributed by atoms with van der Waals surface area (Å²) in [6.07, 6.45) is -6.90. The molecule has 16 heteroatoms. The van der Waals surface area contributed by atoms with Crippen LogP contribution in [0.4, 0.5) is 32.3 Å². The summed E-state index contributed by atoms with van der Waals surface area (Å²) in [5.74, 6) is -0.138. The lowest BCUT2D eigenvalue weighted by molar-refractivity contribution is -0.192. The van der Waals surface area contributed by atoms with Crippen molar-refractivity contribution in [2.45, 2.75) is 62.8 Å². The lowest BCUT2D eigenvalue weighted by Crippen LogP contribution is -2.63. The van der Waals surface area contributed by atoms with Gasteiger partial charge in [0.2, 0.25) is 17.6 Å². The fraction of sp³-hybridized carbons (Fsp3) is 0.514. The summed E-state index contributed by atoms with van der Waals surface area (Å²) in [6.45, 7) is 2.39. The number of imidazole rings is 1. The summed E-state index contributed by atoms with van der Waals surface area (Å²) in [5, 5.41) is 0.